The van der Waals surface area contributed by atoms with Crippen molar-refractivity contribution in [3.63, 3.8) is 0 Å². The van der Waals surface area contributed by atoms with Crippen molar-refractivity contribution in [2.24, 2.45) is 5.92 Å². The number of sulfonamides is 1. The highest BCUT2D eigenvalue weighted by Gasteiger charge is 2.43. The molecule has 0 saturated carbocycles. The molecule has 156 valence electrons. The molecule has 0 aliphatic carbocycles. The normalized spacial score (nSPS) is 22.3. The van der Waals surface area contributed by atoms with E-state index < -0.39 is 34.6 Å². The summed E-state index contributed by atoms with van der Waals surface area (Å²) in [5.41, 5.74) is 0.650. The Morgan fingerprint density at radius 2 is 1.86 bits per heavy atom. The molecule has 1 aromatic carbocycles. The second-order valence-corrected chi connectivity index (χ2v) is 9.06. The van der Waals surface area contributed by atoms with Crippen molar-refractivity contribution in [3.05, 3.63) is 29.3 Å². The summed E-state index contributed by atoms with van der Waals surface area (Å²) in [6, 6.07) is 4.22. The van der Waals surface area contributed by atoms with Gasteiger partial charge in [-0.3, -0.25) is 4.79 Å². The second kappa shape index (κ2) is 8.00. The molecule has 1 amide bonds. The smallest absolute Gasteiger partial charge is 0.379 e. The lowest BCUT2D eigenvalue weighted by molar-refractivity contribution is -0.184. The molecule has 2 saturated heterocycles. The lowest BCUT2D eigenvalue weighted by Gasteiger charge is -2.34. The van der Waals surface area contributed by atoms with Crippen molar-refractivity contribution in [2.45, 2.75) is 30.8 Å². The summed E-state index contributed by atoms with van der Waals surface area (Å²) in [7, 11) is -3.80. The van der Waals surface area contributed by atoms with Gasteiger partial charge in [0.15, 0.2) is 0 Å². The first-order chi connectivity index (χ1) is 13.1. The topological polar surface area (TPSA) is 66.9 Å². The lowest BCUT2D eigenvalue weighted by Crippen LogP contribution is -2.45. The molecule has 0 N–H and O–H groups in total. The summed E-state index contributed by atoms with van der Waals surface area (Å²) < 4.78 is 71.3. The van der Waals surface area contributed by atoms with Crippen LogP contribution >= 0.6 is 0 Å². The Labute approximate surface area is 162 Å². The molecular weight excluding hydrogens is 397 g/mol. The Morgan fingerprint density at radius 3 is 2.50 bits per heavy atom. The number of carbonyl (C=O) groups is 1. The van der Waals surface area contributed by atoms with E-state index in [9.17, 15) is 26.4 Å². The zero-order valence-electron chi connectivity index (χ0n) is 15.5. The van der Waals surface area contributed by atoms with Gasteiger partial charge in [-0.1, -0.05) is 6.07 Å². The number of piperidine rings is 1. The van der Waals surface area contributed by atoms with Gasteiger partial charge < -0.3 is 9.64 Å². The molecular formula is C18H23F3N2O4S. The van der Waals surface area contributed by atoms with Crippen LogP contribution in [0.15, 0.2) is 23.1 Å². The zero-order chi connectivity index (χ0) is 20.5. The molecule has 2 aliphatic rings. The number of alkyl halides is 3. The number of carbonyl (C=O) groups excluding carboxylic acids is 1. The molecule has 0 spiro atoms. The summed E-state index contributed by atoms with van der Waals surface area (Å²) >= 11 is 0. The Kier molecular flexibility index (Phi) is 6.02. The van der Waals surface area contributed by atoms with E-state index in [1.807, 2.05) is 0 Å². The number of benzene rings is 1. The zero-order valence-corrected chi connectivity index (χ0v) is 16.4. The van der Waals surface area contributed by atoms with Crippen LogP contribution in [-0.4, -0.2) is 69.1 Å². The van der Waals surface area contributed by atoms with Crippen molar-refractivity contribution in [2.75, 3.05) is 39.4 Å². The van der Waals surface area contributed by atoms with Crippen LogP contribution in [0.25, 0.3) is 0 Å². The van der Waals surface area contributed by atoms with Gasteiger partial charge in [0.05, 0.1) is 24.0 Å². The van der Waals surface area contributed by atoms with Crippen LogP contribution in [0.1, 0.15) is 28.8 Å². The van der Waals surface area contributed by atoms with E-state index in [-0.39, 0.29) is 42.9 Å². The minimum atomic E-state index is -4.35. The maximum absolute atomic E-state index is 13.1. The average Bonchev–Trinajstić information content (AvgIpc) is 2.68. The Hall–Kier alpha value is -1.65. The fourth-order valence-corrected chi connectivity index (χ4v) is 4.96. The molecule has 1 aromatic rings. The van der Waals surface area contributed by atoms with Crippen LogP contribution in [-0.2, 0) is 14.8 Å². The van der Waals surface area contributed by atoms with Gasteiger partial charge in [-0.2, -0.15) is 17.5 Å². The summed E-state index contributed by atoms with van der Waals surface area (Å²) in [4.78, 5) is 14.0. The number of halogens is 3. The number of hydrogen-bond acceptors (Lipinski definition) is 4. The third-order valence-electron chi connectivity index (χ3n) is 5.22. The van der Waals surface area contributed by atoms with Gasteiger partial charge in [-0.05, 0) is 37.5 Å². The summed E-state index contributed by atoms with van der Waals surface area (Å²) in [6.45, 7) is 2.50. The molecule has 0 aromatic heterocycles. The molecule has 28 heavy (non-hydrogen) atoms. The molecule has 3 rings (SSSR count). The minimum Gasteiger partial charge on any atom is -0.379 e. The van der Waals surface area contributed by atoms with Gasteiger partial charge in [-0.25, -0.2) is 8.42 Å². The maximum atomic E-state index is 13.1. The molecule has 0 unspecified atom stereocenters. The van der Waals surface area contributed by atoms with Gasteiger partial charge in [0.25, 0.3) is 5.91 Å². The highest BCUT2D eigenvalue weighted by Crippen LogP contribution is 2.34. The lowest BCUT2D eigenvalue weighted by atomic mass is 9.96. The van der Waals surface area contributed by atoms with E-state index in [4.69, 9.17) is 4.74 Å². The molecule has 2 fully saturated rings. The van der Waals surface area contributed by atoms with E-state index in [1.165, 1.54) is 27.4 Å². The summed E-state index contributed by atoms with van der Waals surface area (Å²) in [5, 5.41) is 0. The van der Waals surface area contributed by atoms with Crippen LogP contribution in [0.3, 0.4) is 0 Å². The number of aryl methyl sites for hydroxylation is 1. The first-order valence-corrected chi connectivity index (χ1v) is 10.6. The Bertz CT molecular complexity index is 836. The fraction of sp³-hybridized carbons (Fsp3) is 0.611. The number of rotatable bonds is 3. The van der Waals surface area contributed by atoms with Crippen molar-refractivity contribution >= 4 is 15.9 Å². The third kappa shape index (κ3) is 4.33. The number of likely N-dealkylation sites (tertiary alicyclic amines) is 1. The number of amides is 1. The van der Waals surface area contributed by atoms with Crippen molar-refractivity contribution in [3.8, 4) is 0 Å². The summed E-state index contributed by atoms with van der Waals surface area (Å²) in [5.74, 6) is -2.11. The maximum Gasteiger partial charge on any atom is 0.393 e. The molecule has 2 heterocycles. The average molecular weight is 420 g/mol. The third-order valence-corrected chi connectivity index (χ3v) is 7.11. The van der Waals surface area contributed by atoms with E-state index >= 15 is 0 Å². The Morgan fingerprint density at radius 1 is 1.18 bits per heavy atom. The van der Waals surface area contributed by atoms with Gasteiger partial charge in [0.2, 0.25) is 10.0 Å². The fourth-order valence-electron chi connectivity index (χ4n) is 3.53. The van der Waals surface area contributed by atoms with Crippen LogP contribution in [0.5, 0.6) is 0 Å². The van der Waals surface area contributed by atoms with Gasteiger partial charge >= 0.3 is 6.18 Å². The van der Waals surface area contributed by atoms with E-state index in [0.717, 1.165) is 0 Å². The molecule has 2 aliphatic heterocycles. The minimum absolute atomic E-state index is 0.00227. The largest absolute Gasteiger partial charge is 0.393 e. The molecule has 1 atom stereocenters. The predicted octanol–water partition coefficient (Wildman–Crippen LogP) is 2.43. The van der Waals surface area contributed by atoms with E-state index in [0.29, 0.717) is 18.8 Å². The highest BCUT2D eigenvalue weighted by molar-refractivity contribution is 7.89. The van der Waals surface area contributed by atoms with Crippen molar-refractivity contribution < 1.29 is 31.1 Å². The quantitative estimate of drug-likeness (QED) is 0.753. The van der Waals surface area contributed by atoms with Gasteiger partial charge in [0.1, 0.15) is 0 Å². The van der Waals surface area contributed by atoms with Gasteiger partial charge in [0, 0.05) is 31.7 Å². The number of ether oxygens (including phenoxy) is 1. The number of hydrogen-bond donors (Lipinski definition) is 0. The molecule has 10 heteroatoms. The number of morpholine rings is 1. The van der Waals surface area contributed by atoms with Crippen LogP contribution in [0.2, 0.25) is 0 Å². The number of nitrogens with zero attached hydrogens (tertiary/aromatic N) is 2. The van der Waals surface area contributed by atoms with Crippen LogP contribution in [0, 0.1) is 12.8 Å². The van der Waals surface area contributed by atoms with Crippen LogP contribution < -0.4 is 0 Å². The SMILES string of the molecule is Cc1ccc(S(=O)(=O)N2CCOCC2)cc1C(=O)N1CCC[C@H](C(F)(F)F)C1. The van der Waals surface area contributed by atoms with E-state index in [1.54, 1.807) is 6.92 Å². The van der Waals surface area contributed by atoms with Crippen molar-refractivity contribution in [1.82, 2.24) is 9.21 Å². The van der Waals surface area contributed by atoms with Crippen LogP contribution in [0.4, 0.5) is 13.2 Å². The standard InChI is InChI=1S/C18H23F3N2O4S/c1-13-4-5-15(28(25,26)23-7-9-27-10-8-23)11-16(13)17(24)22-6-2-3-14(12-22)18(19,20)21/h4-5,11,14H,2-3,6-10,12H2,1H3/t14-/m0/s1. The van der Waals surface area contributed by atoms with E-state index in [2.05, 4.69) is 0 Å². The summed E-state index contributed by atoms with van der Waals surface area (Å²) in [6.07, 6.45) is -4.09. The van der Waals surface area contributed by atoms with Gasteiger partial charge in [-0.15, -0.1) is 0 Å². The molecule has 0 radical (unpaired) electrons. The molecule has 0 bridgehead atoms. The Balaban J connectivity index is 1.86. The van der Waals surface area contributed by atoms with Crippen molar-refractivity contribution in [1.29, 1.82) is 0 Å². The second-order valence-electron chi connectivity index (χ2n) is 7.13. The molecule has 6 nitrogen and oxygen atoms in total. The first kappa shape index (κ1) is 21.1. The highest BCUT2D eigenvalue weighted by atomic mass is 32.2. The monoisotopic (exact) mass is 420 g/mol. The first-order valence-electron chi connectivity index (χ1n) is 9.15. The predicted molar refractivity (Wildman–Crippen MR) is 95.4 cm³/mol.